The van der Waals surface area contributed by atoms with Crippen molar-refractivity contribution in [3.05, 3.63) is 147 Å². The quantitative estimate of drug-likeness (QED) is 0.164. The maximum absolute atomic E-state index is 7.94. The fraction of sp³-hybridized carbons (Fsp3) is 0.493. The highest BCUT2D eigenvalue weighted by molar-refractivity contribution is 7.00. The summed E-state index contributed by atoms with van der Waals surface area (Å²) >= 11 is 0. The van der Waals surface area contributed by atoms with Crippen molar-refractivity contribution in [2.24, 2.45) is 11.8 Å². The van der Waals surface area contributed by atoms with Crippen LogP contribution in [-0.2, 0) is 37.9 Å². The van der Waals surface area contributed by atoms with Gasteiger partial charge >= 0.3 is 0 Å². The predicted octanol–water partition coefficient (Wildman–Crippen LogP) is 19.2. The van der Waals surface area contributed by atoms with Crippen molar-refractivity contribution in [1.29, 1.82) is 0 Å². The molecule has 1 fully saturated rings. The van der Waals surface area contributed by atoms with Gasteiger partial charge in [0.25, 0.3) is 6.71 Å². The minimum Gasteiger partial charge on any atom is -0.468 e. The van der Waals surface area contributed by atoms with Gasteiger partial charge in [-0.15, -0.1) is 0 Å². The van der Waals surface area contributed by atoms with E-state index in [1.165, 1.54) is 145 Å². The molecule has 0 amide bonds. The second-order valence-corrected chi connectivity index (χ2v) is 31.7. The minimum absolute atomic E-state index is 0.00163. The molecule has 3 nitrogen and oxygen atoms in total. The first-order valence-corrected chi connectivity index (χ1v) is 31.0. The van der Waals surface area contributed by atoms with Gasteiger partial charge in [-0.1, -0.05) is 166 Å². The molecule has 2 aliphatic heterocycles. The lowest BCUT2D eigenvalue weighted by Crippen LogP contribution is -2.61. The number of hydrogen-bond donors (Lipinski definition) is 0. The number of anilines is 6. The monoisotopic (exact) mass is 1040 g/mol. The number of rotatable bonds is 3. The molecule has 4 heteroatoms. The van der Waals surface area contributed by atoms with Crippen LogP contribution in [0.5, 0.6) is 0 Å². The molecule has 0 radical (unpaired) electrons. The average Bonchev–Trinajstić information content (AvgIpc) is 3.28. The second kappa shape index (κ2) is 16.6. The molecule has 4 unspecified atom stereocenters. The van der Waals surface area contributed by atoms with E-state index in [9.17, 15) is 0 Å². The third kappa shape index (κ3) is 7.42. The van der Waals surface area contributed by atoms with E-state index in [-0.39, 0.29) is 44.6 Å². The maximum Gasteiger partial charge on any atom is 0.297 e. The zero-order valence-corrected chi connectivity index (χ0v) is 51.3. The molecule has 5 aliphatic carbocycles. The van der Waals surface area contributed by atoms with E-state index >= 15 is 0 Å². The first-order valence-electron chi connectivity index (χ1n) is 31.0. The molecule has 4 atom stereocenters. The van der Waals surface area contributed by atoms with Gasteiger partial charge in [0.2, 0.25) is 0 Å². The topological polar surface area (TPSA) is 19.6 Å². The standard InChI is InChI=1S/C75H89BN2O/c1-43-46-23-24-47(35-46)44(2)51-40-63-52(39-50(43)51)67-68(79-63)76-58-41-56-57(74(14,15)32-31-73(56,12)13)42-60(58)78(59-28-27-54-65(64(59)45-21-19-18-20-22-45)75(16,17)34-33-71(54,8)9)62-37-48(69(3,4)5)36-61(66(62)76)77(67)49-25-26-53-55(38-49)72(10,11)30-29-70(53,6)7/h18-22,25-28,36-44,46-47H,23-24,29-35H2,1-17H3. The Labute approximate surface area is 475 Å². The van der Waals surface area contributed by atoms with Crippen molar-refractivity contribution < 1.29 is 4.42 Å². The van der Waals surface area contributed by atoms with E-state index in [1.807, 2.05) is 0 Å². The van der Waals surface area contributed by atoms with Crippen molar-refractivity contribution in [2.45, 2.75) is 225 Å². The van der Waals surface area contributed by atoms with Crippen molar-refractivity contribution in [1.82, 2.24) is 0 Å². The molecular weight excluding hydrogens is 956 g/mol. The van der Waals surface area contributed by atoms with Gasteiger partial charge in [0, 0.05) is 33.7 Å². The Morgan fingerprint density at radius 1 is 0.506 bits per heavy atom. The minimum atomic E-state index is -0.159. The molecule has 3 heterocycles. The van der Waals surface area contributed by atoms with Crippen LogP contribution in [0.3, 0.4) is 0 Å². The number of furan rings is 1. The summed E-state index contributed by atoms with van der Waals surface area (Å²) in [6.07, 6.45) is 11.0. The largest absolute Gasteiger partial charge is 0.468 e. The smallest absolute Gasteiger partial charge is 0.297 e. The van der Waals surface area contributed by atoms with Crippen molar-refractivity contribution in [3.8, 4) is 11.1 Å². The van der Waals surface area contributed by atoms with E-state index in [1.54, 1.807) is 5.56 Å². The Bertz CT molecular complexity index is 3720. The lowest BCUT2D eigenvalue weighted by Gasteiger charge is -2.48. The molecule has 7 aromatic rings. The highest BCUT2D eigenvalue weighted by atomic mass is 16.3. The summed E-state index contributed by atoms with van der Waals surface area (Å²) in [4.78, 5) is 5.53. The highest BCUT2D eigenvalue weighted by Gasteiger charge is 2.52. The molecule has 0 N–H and O–H groups in total. The Balaban J connectivity index is 1.15. The van der Waals surface area contributed by atoms with Crippen LogP contribution in [0.15, 0.2) is 101 Å². The third-order valence-electron chi connectivity index (χ3n) is 23.0. The lowest BCUT2D eigenvalue weighted by atomic mass is 9.35. The summed E-state index contributed by atoms with van der Waals surface area (Å²) in [6, 6.07) is 40.1. The molecule has 14 rings (SSSR count). The zero-order chi connectivity index (χ0) is 55.6. The van der Waals surface area contributed by atoms with Crippen LogP contribution in [0.1, 0.15) is 237 Å². The van der Waals surface area contributed by atoms with Crippen LogP contribution in [0.4, 0.5) is 34.1 Å². The van der Waals surface area contributed by atoms with Crippen LogP contribution in [-0.4, -0.2) is 6.71 Å². The fourth-order valence-corrected chi connectivity index (χ4v) is 17.4. The van der Waals surface area contributed by atoms with Gasteiger partial charge < -0.3 is 14.2 Å². The van der Waals surface area contributed by atoms with Gasteiger partial charge in [0.1, 0.15) is 5.58 Å². The fourth-order valence-electron chi connectivity index (χ4n) is 17.4. The molecule has 1 saturated carbocycles. The van der Waals surface area contributed by atoms with Gasteiger partial charge in [-0.2, -0.15) is 0 Å². The van der Waals surface area contributed by atoms with Crippen LogP contribution in [0.25, 0.3) is 22.1 Å². The molecule has 6 aromatic carbocycles. The van der Waals surface area contributed by atoms with E-state index in [0.717, 1.165) is 42.3 Å². The van der Waals surface area contributed by atoms with Gasteiger partial charge in [0.05, 0.1) is 17.0 Å². The molecule has 408 valence electrons. The zero-order valence-electron chi connectivity index (χ0n) is 51.3. The normalized spacial score (nSPS) is 24.8. The average molecular weight is 1050 g/mol. The predicted molar refractivity (Wildman–Crippen MR) is 338 cm³/mol. The van der Waals surface area contributed by atoms with Gasteiger partial charge in [-0.05, 0) is 234 Å². The Hall–Kier alpha value is -5.48. The molecule has 1 aromatic heterocycles. The van der Waals surface area contributed by atoms with E-state index in [4.69, 9.17) is 4.42 Å². The molecule has 2 bridgehead atoms. The van der Waals surface area contributed by atoms with Gasteiger partial charge in [-0.25, -0.2) is 0 Å². The molecular formula is C75H89BN2O. The third-order valence-corrected chi connectivity index (χ3v) is 23.0. The van der Waals surface area contributed by atoms with E-state index in [2.05, 4.69) is 225 Å². The number of hydrogen-bond acceptors (Lipinski definition) is 3. The van der Waals surface area contributed by atoms with Crippen LogP contribution in [0.2, 0.25) is 0 Å². The SMILES string of the molecule is CC1c2cc3oc4c(c3cc2C(C)C2CCC1C2)N(c1ccc2c(c1)C(C)(C)CCC2(C)C)c1cc(C(C)(C)C)cc2c1B4c1cc3c(cc1N2c1ccc2c(c1-c1ccccc1)C(C)(C)CCC2(C)C)C(C)(C)CCC3(C)C. The summed E-state index contributed by atoms with van der Waals surface area (Å²) < 4.78 is 7.94. The van der Waals surface area contributed by atoms with E-state index < -0.39 is 0 Å². The van der Waals surface area contributed by atoms with Gasteiger partial charge in [-0.3, -0.25) is 0 Å². The van der Waals surface area contributed by atoms with Crippen molar-refractivity contribution >= 4 is 68.4 Å². The first-order chi connectivity index (χ1) is 37.1. The van der Waals surface area contributed by atoms with E-state index in [0.29, 0.717) is 11.8 Å². The summed E-state index contributed by atoms with van der Waals surface area (Å²) in [5, 5.41) is 1.27. The number of fused-ring (bicyclic) bond motifs is 12. The number of benzene rings is 6. The number of nitrogens with zero attached hydrogens (tertiary/aromatic N) is 2. The summed E-state index contributed by atoms with van der Waals surface area (Å²) in [5.41, 5.74) is 28.6. The first kappa shape index (κ1) is 51.7. The second-order valence-electron chi connectivity index (χ2n) is 31.7. The maximum atomic E-state index is 7.94. The molecule has 79 heavy (non-hydrogen) atoms. The van der Waals surface area contributed by atoms with Crippen molar-refractivity contribution in [2.75, 3.05) is 9.80 Å². The van der Waals surface area contributed by atoms with Crippen LogP contribution >= 0.6 is 0 Å². The van der Waals surface area contributed by atoms with Gasteiger partial charge in [0.15, 0.2) is 0 Å². The summed E-state index contributed by atoms with van der Waals surface area (Å²) in [7, 11) is 0. The summed E-state index contributed by atoms with van der Waals surface area (Å²) in [5.74, 6) is 2.46. The Kier molecular flexibility index (Phi) is 10.9. The van der Waals surface area contributed by atoms with Crippen LogP contribution in [0, 0.1) is 11.8 Å². The highest BCUT2D eigenvalue weighted by Crippen LogP contribution is 2.59. The van der Waals surface area contributed by atoms with Crippen LogP contribution < -0.4 is 26.4 Å². The Morgan fingerprint density at radius 3 is 1.66 bits per heavy atom. The molecule has 0 saturated heterocycles. The molecule has 7 aliphatic rings. The Morgan fingerprint density at radius 2 is 1.04 bits per heavy atom. The van der Waals surface area contributed by atoms with Crippen molar-refractivity contribution in [3.63, 3.8) is 0 Å². The lowest BCUT2D eigenvalue weighted by molar-refractivity contribution is 0.332. The molecule has 0 spiro atoms. The summed E-state index contributed by atoms with van der Waals surface area (Å²) in [6.45, 7) is 42.2.